The Bertz CT molecular complexity index is 596. The van der Waals surface area contributed by atoms with Gasteiger partial charge in [-0.2, -0.15) is 0 Å². The molecule has 1 aromatic rings. The first-order chi connectivity index (χ1) is 10.3. The number of piperidine rings is 1. The number of anilines is 1. The van der Waals surface area contributed by atoms with Crippen LogP contribution in [0.15, 0.2) is 18.3 Å². The van der Waals surface area contributed by atoms with Gasteiger partial charge in [0.05, 0.1) is 5.56 Å². The van der Waals surface area contributed by atoms with Gasteiger partial charge in [0.15, 0.2) is 0 Å². The van der Waals surface area contributed by atoms with Gasteiger partial charge in [-0.3, -0.25) is 0 Å². The number of hydrogen-bond acceptors (Lipinski definition) is 4. The lowest BCUT2D eigenvalue weighted by atomic mass is 9.98. The fourth-order valence-corrected chi connectivity index (χ4v) is 2.29. The summed E-state index contributed by atoms with van der Waals surface area (Å²) in [6.07, 6.45) is 3.29. The number of carbonyl (C=O) groups excluding carboxylic acids is 1. The second-order valence-electron chi connectivity index (χ2n) is 6.47. The molecule has 5 heteroatoms. The highest BCUT2D eigenvalue weighted by molar-refractivity contribution is 5.68. The Labute approximate surface area is 131 Å². The zero-order valence-corrected chi connectivity index (χ0v) is 13.4. The molecule has 1 saturated heterocycles. The number of amides is 1. The molecule has 1 fully saturated rings. The van der Waals surface area contributed by atoms with E-state index < -0.39 is 5.60 Å². The van der Waals surface area contributed by atoms with Gasteiger partial charge in [-0.05, 0) is 45.7 Å². The van der Waals surface area contributed by atoms with Crippen molar-refractivity contribution in [2.75, 3.05) is 18.8 Å². The molecule has 22 heavy (non-hydrogen) atoms. The standard InChI is InChI=1S/C17H23N3O2/c1-17(2,3)22-16(21)20-11-5-6-13(12-20)8-9-14-7-4-10-19-15(14)18/h4,7,10,13H,5-6,11-12H2,1-3H3,(H2,18,19)/t13-/m0/s1. The molecule has 0 saturated carbocycles. The zero-order valence-electron chi connectivity index (χ0n) is 13.4. The Morgan fingerprint density at radius 2 is 2.27 bits per heavy atom. The molecule has 0 spiro atoms. The van der Waals surface area contributed by atoms with Gasteiger partial charge in [-0.1, -0.05) is 11.8 Å². The second-order valence-corrected chi connectivity index (χ2v) is 6.47. The van der Waals surface area contributed by atoms with Crippen molar-refractivity contribution >= 4 is 11.9 Å². The fourth-order valence-electron chi connectivity index (χ4n) is 2.29. The van der Waals surface area contributed by atoms with Gasteiger partial charge in [0.2, 0.25) is 0 Å². The van der Waals surface area contributed by atoms with Crippen LogP contribution in [0, 0.1) is 17.8 Å². The van der Waals surface area contributed by atoms with Crippen molar-refractivity contribution in [2.24, 2.45) is 5.92 Å². The summed E-state index contributed by atoms with van der Waals surface area (Å²) in [5.74, 6) is 6.86. The van der Waals surface area contributed by atoms with Crippen LogP contribution in [0.4, 0.5) is 10.6 Å². The third-order valence-electron chi connectivity index (χ3n) is 3.32. The van der Waals surface area contributed by atoms with Gasteiger partial charge < -0.3 is 15.4 Å². The summed E-state index contributed by atoms with van der Waals surface area (Å²) >= 11 is 0. The quantitative estimate of drug-likeness (QED) is 0.748. The van der Waals surface area contributed by atoms with E-state index in [0.29, 0.717) is 12.4 Å². The van der Waals surface area contributed by atoms with E-state index >= 15 is 0 Å². The summed E-state index contributed by atoms with van der Waals surface area (Å²) in [5, 5.41) is 0. The second kappa shape index (κ2) is 6.69. The minimum atomic E-state index is -0.472. The summed E-state index contributed by atoms with van der Waals surface area (Å²) in [5.41, 5.74) is 6.04. The average molecular weight is 301 g/mol. The largest absolute Gasteiger partial charge is 0.444 e. The van der Waals surface area contributed by atoms with E-state index in [9.17, 15) is 4.79 Å². The number of ether oxygens (including phenoxy) is 1. The highest BCUT2D eigenvalue weighted by atomic mass is 16.6. The number of carbonyl (C=O) groups is 1. The van der Waals surface area contributed by atoms with Crippen LogP contribution in [0.1, 0.15) is 39.2 Å². The molecule has 1 aliphatic heterocycles. The molecule has 2 rings (SSSR count). The van der Waals surface area contributed by atoms with Crippen LogP contribution in [0.25, 0.3) is 0 Å². The molecule has 2 heterocycles. The third-order valence-corrected chi connectivity index (χ3v) is 3.32. The molecule has 1 aromatic heterocycles. The summed E-state index contributed by atoms with van der Waals surface area (Å²) in [7, 11) is 0. The van der Waals surface area contributed by atoms with E-state index in [2.05, 4.69) is 16.8 Å². The van der Waals surface area contributed by atoms with E-state index in [1.807, 2.05) is 32.9 Å². The van der Waals surface area contributed by atoms with Crippen LogP contribution in [-0.2, 0) is 4.74 Å². The number of nitrogen functional groups attached to an aromatic ring is 1. The van der Waals surface area contributed by atoms with E-state index in [4.69, 9.17) is 10.5 Å². The number of aromatic nitrogens is 1. The predicted molar refractivity (Wildman–Crippen MR) is 86.1 cm³/mol. The number of pyridine rings is 1. The monoisotopic (exact) mass is 301 g/mol. The van der Waals surface area contributed by atoms with Crippen molar-refractivity contribution < 1.29 is 9.53 Å². The molecule has 1 atom stereocenters. The van der Waals surface area contributed by atoms with E-state index in [-0.39, 0.29) is 12.0 Å². The molecule has 1 amide bonds. The summed E-state index contributed by atoms with van der Waals surface area (Å²) in [4.78, 5) is 17.9. The van der Waals surface area contributed by atoms with E-state index in [1.54, 1.807) is 11.1 Å². The van der Waals surface area contributed by atoms with Crippen molar-refractivity contribution in [1.29, 1.82) is 0 Å². The minimum Gasteiger partial charge on any atom is -0.444 e. The number of rotatable bonds is 0. The molecule has 0 unspecified atom stereocenters. The Hall–Kier alpha value is -2.22. The first-order valence-electron chi connectivity index (χ1n) is 7.55. The smallest absolute Gasteiger partial charge is 0.410 e. The SMILES string of the molecule is CC(C)(C)OC(=O)N1CCC[C@@H](C#Cc2cccnc2N)C1. The summed E-state index contributed by atoms with van der Waals surface area (Å²) in [6.45, 7) is 6.94. The van der Waals surface area contributed by atoms with Crippen molar-refractivity contribution in [3.05, 3.63) is 23.9 Å². The van der Waals surface area contributed by atoms with Gasteiger partial charge in [-0.25, -0.2) is 9.78 Å². The van der Waals surface area contributed by atoms with Gasteiger partial charge in [0, 0.05) is 25.2 Å². The van der Waals surface area contributed by atoms with Crippen LogP contribution in [-0.4, -0.2) is 34.7 Å². The molecule has 118 valence electrons. The molecular formula is C17H23N3O2. The highest BCUT2D eigenvalue weighted by Crippen LogP contribution is 2.19. The summed E-state index contributed by atoms with van der Waals surface area (Å²) in [6, 6.07) is 3.66. The minimum absolute atomic E-state index is 0.140. The number of hydrogen-bond donors (Lipinski definition) is 1. The average Bonchev–Trinajstić information content (AvgIpc) is 2.45. The number of nitrogens with zero attached hydrogens (tertiary/aromatic N) is 2. The van der Waals surface area contributed by atoms with Crippen molar-refractivity contribution in [2.45, 2.75) is 39.2 Å². The molecule has 0 aliphatic carbocycles. The van der Waals surface area contributed by atoms with Crippen molar-refractivity contribution in [1.82, 2.24) is 9.88 Å². The molecular weight excluding hydrogens is 278 g/mol. The lowest BCUT2D eigenvalue weighted by Crippen LogP contribution is -2.42. The molecule has 0 radical (unpaired) electrons. The highest BCUT2D eigenvalue weighted by Gasteiger charge is 2.26. The lowest BCUT2D eigenvalue weighted by molar-refractivity contribution is 0.0190. The zero-order chi connectivity index (χ0) is 16.2. The Balaban J connectivity index is 2.00. The van der Waals surface area contributed by atoms with Crippen LogP contribution in [0.5, 0.6) is 0 Å². The van der Waals surface area contributed by atoms with Crippen molar-refractivity contribution in [3.63, 3.8) is 0 Å². The van der Waals surface area contributed by atoms with Gasteiger partial charge in [0.1, 0.15) is 11.4 Å². The first-order valence-corrected chi connectivity index (χ1v) is 7.55. The molecule has 0 aromatic carbocycles. The molecule has 1 aliphatic rings. The summed E-state index contributed by atoms with van der Waals surface area (Å²) < 4.78 is 5.42. The Kier molecular flexibility index (Phi) is 4.92. The maximum absolute atomic E-state index is 12.1. The van der Waals surface area contributed by atoms with Crippen LogP contribution in [0.2, 0.25) is 0 Å². The van der Waals surface area contributed by atoms with Crippen LogP contribution >= 0.6 is 0 Å². The Morgan fingerprint density at radius 3 is 2.95 bits per heavy atom. The molecule has 2 N–H and O–H groups in total. The third kappa shape index (κ3) is 4.66. The molecule has 0 bridgehead atoms. The molecule has 5 nitrogen and oxygen atoms in total. The van der Waals surface area contributed by atoms with Crippen LogP contribution in [0.3, 0.4) is 0 Å². The number of likely N-dealkylation sites (tertiary alicyclic amines) is 1. The number of nitrogens with two attached hydrogens (primary N) is 1. The van der Waals surface area contributed by atoms with Crippen LogP contribution < -0.4 is 5.73 Å². The van der Waals surface area contributed by atoms with E-state index in [0.717, 1.165) is 24.9 Å². The maximum atomic E-state index is 12.1. The topological polar surface area (TPSA) is 68.5 Å². The van der Waals surface area contributed by atoms with Gasteiger partial charge in [-0.15, -0.1) is 0 Å². The van der Waals surface area contributed by atoms with Crippen molar-refractivity contribution in [3.8, 4) is 11.8 Å². The first kappa shape index (κ1) is 16.2. The Morgan fingerprint density at radius 1 is 1.50 bits per heavy atom. The maximum Gasteiger partial charge on any atom is 0.410 e. The van der Waals surface area contributed by atoms with Gasteiger partial charge in [0.25, 0.3) is 0 Å². The predicted octanol–water partition coefficient (Wildman–Crippen LogP) is 2.66. The fraction of sp³-hybridized carbons (Fsp3) is 0.529. The normalized spacial score (nSPS) is 18.3. The van der Waals surface area contributed by atoms with Gasteiger partial charge >= 0.3 is 6.09 Å². The lowest BCUT2D eigenvalue weighted by Gasteiger charge is -2.32. The van der Waals surface area contributed by atoms with E-state index in [1.165, 1.54) is 0 Å².